The predicted molar refractivity (Wildman–Crippen MR) is 85.5 cm³/mol. The van der Waals surface area contributed by atoms with Crippen LogP contribution in [0.25, 0.3) is 10.9 Å². The molecular formula is C15H23N5O. The molecule has 0 saturated heterocycles. The number of anilines is 2. The number of hydrogen-bond acceptors (Lipinski definition) is 6. The van der Waals surface area contributed by atoms with Gasteiger partial charge in [0.25, 0.3) is 0 Å². The molecule has 6 heteroatoms. The van der Waals surface area contributed by atoms with Crippen molar-refractivity contribution < 1.29 is 5.11 Å². The summed E-state index contributed by atoms with van der Waals surface area (Å²) in [5.41, 5.74) is 1.38. The van der Waals surface area contributed by atoms with E-state index in [0.29, 0.717) is 17.5 Å². The largest absolute Gasteiger partial charge is 0.387 e. The topological polar surface area (TPSA) is 83.0 Å². The zero-order chi connectivity index (χ0) is 15.4. The van der Waals surface area contributed by atoms with Crippen molar-refractivity contribution in [3.63, 3.8) is 0 Å². The quantitative estimate of drug-likeness (QED) is 0.758. The highest BCUT2D eigenvalue weighted by Gasteiger charge is 2.12. The highest BCUT2D eigenvalue weighted by Crippen LogP contribution is 2.24. The van der Waals surface area contributed by atoms with Crippen molar-refractivity contribution in [1.82, 2.24) is 15.0 Å². The average Bonchev–Trinajstić information content (AvgIpc) is 2.44. The summed E-state index contributed by atoms with van der Waals surface area (Å²) in [4.78, 5) is 13.3. The number of pyridine rings is 1. The zero-order valence-corrected chi connectivity index (χ0v) is 13.0. The molecule has 3 N–H and O–H groups in total. The summed E-state index contributed by atoms with van der Waals surface area (Å²) in [6.45, 7) is 8.71. The van der Waals surface area contributed by atoms with Crippen LogP contribution in [0.15, 0.2) is 12.3 Å². The van der Waals surface area contributed by atoms with E-state index in [-0.39, 0.29) is 6.04 Å². The molecule has 0 aromatic carbocycles. The number of hydrogen-bond donors (Lipinski definition) is 3. The molecule has 1 atom stereocenters. The van der Waals surface area contributed by atoms with Crippen LogP contribution in [-0.4, -0.2) is 32.6 Å². The molecule has 0 bridgehead atoms. The number of rotatable bonds is 6. The summed E-state index contributed by atoms with van der Waals surface area (Å²) in [7, 11) is 0. The normalized spacial score (nSPS) is 12.7. The maximum atomic E-state index is 9.77. The third-order valence-corrected chi connectivity index (χ3v) is 2.97. The van der Waals surface area contributed by atoms with Crippen LogP contribution in [0.2, 0.25) is 0 Å². The fourth-order valence-electron chi connectivity index (χ4n) is 1.97. The molecule has 0 amide bonds. The van der Waals surface area contributed by atoms with Gasteiger partial charge in [-0.2, -0.15) is 0 Å². The standard InChI is InChI=1S/C15H23N5O/c1-5-6-16-15-17-8-11-7-12(10(4)21)19-14(13(11)20-15)18-9(2)3/h7-10,21H,5-6H2,1-4H3,(H,18,19)(H,16,17,20)/t10-/m1/s1. The second-order valence-corrected chi connectivity index (χ2v) is 5.43. The monoisotopic (exact) mass is 289 g/mol. The third-order valence-electron chi connectivity index (χ3n) is 2.97. The molecule has 21 heavy (non-hydrogen) atoms. The minimum Gasteiger partial charge on any atom is -0.387 e. The van der Waals surface area contributed by atoms with E-state index in [1.807, 2.05) is 19.9 Å². The van der Waals surface area contributed by atoms with Crippen LogP contribution in [0.3, 0.4) is 0 Å². The Kier molecular flexibility index (Phi) is 4.90. The summed E-state index contributed by atoms with van der Waals surface area (Å²) < 4.78 is 0. The Morgan fingerprint density at radius 3 is 2.62 bits per heavy atom. The number of aliphatic hydroxyl groups excluding tert-OH is 1. The van der Waals surface area contributed by atoms with E-state index < -0.39 is 6.10 Å². The molecule has 0 fully saturated rings. The van der Waals surface area contributed by atoms with Crippen molar-refractivity contribution in [1.29, 1.82) is 0 Å². The number of aliphatic hydroxyl groups is 1. The highest BCUT2D eigenvalue weighted by molar-refractivity contribution is 5.88. The molecule has 2 aromatic rings. The second-order valence-electron chi connectivity index (χ2n) is 5.43. The molecule has 0 aliphatic carbocycles. The van der Waals surface area contributed by atoms with Gasteiger partial charge in [0.2, 0.25) is 5.95 Å². The van der Waals surface area contributed by atoms with Crippen molar-refractivity contribution in [2.45, 2.75) is 46.3 Å². The van der Waals surface area contributed by atoms with Gasteiger partial charge < -0.3 is 15.7 Å². The van der Waals surface area contributed by atoms with Gasteiger partial charge in [-0.25, -0.2) is 15.0 Å². The van der Waals surface area contributed by atoms with Crippen molar-refractivity contribution in [2.24, 2.45) is 0 Å². The van der Waals surface area contributed by atoms with Crippen LogP contribution in [-0.2, 0) is 0 Å². The first-order valence-corrected chi connectivity index (χ1v) is 7.37. The SMILES string of the molecule is CCCNc1ncc2cc([C@@H](C)O)nc(NC(C)C)c2n1. The van der Waals surface area contributed by atoms with Crippen LogP contribution in [0.4, 0.5) is 11.8 Å². The van der Waals surface area contributed by atoms with Gasteiger partial charge in [-0.15, -0.1) is 0 Å². The summed E-state index contributed by atoms with van der Waals surface area (Å²) in [5.74, 6) is 1.28. The summed E-state index contributed by atoms with van der Waals surface area (Å²) in [6.07, 6.45) is 2.15. The molecule has 6 nitrogen and oxygen atoms in total. The minimum atomic E-state index is -0.625. The van der Waals surface area contributed by atoms with E-state index in [1.165, 1.54) is 0 Å². The van der Waals surface area contributed by atoms with Gasteiger partial charge in [0.1, 0.15) is 5.52 Å². The minimum absolute atomic E-state index is 0.229. The fourth-order valence-corrected chi connectivity index (χ4v) is 1.97. The van der Waals surface area contributed by atoms with Gasteiger partial charge in [-0.05, 0) is 33.3 Å². The van der Waals surface area contributed by atoms with Crippen molar-refractivity contribution >= 4 is 22.7 Å². The van der Waals surface area contributed by atoms with E-state index >= 15 is 0 Å². The van der Waals surface area contributed by atoms with Crippen molar-refractivity contribution in [3.05, 3.63) is 18.0 Å². The number of fused-ring (bicyclic) bond motifs is 1. The Labute approximate surface area is 125 Å². The second kappa shape index (κ2) is 6.67. The molecule has 114 valence electrons. The lowest BCUT2D eigenvalue weighted by Crippen LogP contribution is -2.14. The lowest BCUT2D eigenvalue weighted by Gasteiger charge is -2.15. The molecule has 0 radical (unpaired) electrons. The van der Waals surface area contributed by atoms with Gasteiger partial charge in [0.15, 0.2) is 5.82 Å². The van der Waals surface area contributed by atoms with E-state index in [4.69, 9.17) is 0 Å². The maximum absolute atomic E-state index is 9.77. The molecule has 2 aromatic heterocycles. The fraction of sp³-hybridized carbons (Fsp3) is 0.533. The maximum Gasteiger partial charge on any atom is 0.223 e. The lowest BCUT2D eigenvalue weighted by atomic mass is 10.2. The van der Waals surface area contributed by atoms with Gasteiger partial charge >= 0.3 is 0 Å². The predicted octanol–water partition coefficient (Wildman–Crippen LogP) is 2.72. The first-order chi connectivity index (χ1) is 10.0. The third kappa shape index (κ3) is 3.78. The molecule has 0 spiro atoms. The molecule has 0 aliphatic rings. The highest BCUT2D eigenvalue weighted by atomic mass is 16.3. The Hall–Kier alpha value is -1.95. The van der Waals surface area contributed by atoms with Crippen LogP contribution in [0.5, 0.6) is 0 Å². The van der Waals surface area contributed by atoms with E-state index in [1.54, 1.807) is 13.1 Å². The van der Waals surface area contributed by atoms with Gasteiger partial charge in [0.05, 0.1) is 11.8 Å². The Morgan fingerprint density at radius 2 is 2.00 bits per heavy atom. The summed E-state index contributed by atoms with van der Waals surface area (Å²) in [6, 6.07) is 2.06. The van der Waals surface area contributed by atoms with Crippen LogP contribution >= 0.6 is 0 Å². The van der Waals surface area contributed by atoms with Crippen molar-refractivity contribution in [3.8, 4) is 0 Å². The Morgan fingerprint density at radius 1 is 1.24 bits per heavy atom. The first-order valence-electron chi connectivity index (χ1n) is 7.37. The lowest BCUT2D eigenvalue weighted by molar-refractivity contribution is 0.194. The zero-order valence-electron chi connectivity index (χ0n) is 13.0. The first kappa shape index (κ1) is 15.4. The van der Waals surface area contributed by atoms with Crippen LogP contribution in [0.1, 0.15) is 45.9 Å². The molecule has 2 rings (SSSR count). The average molecular weight is 289 g/mol. The molecular weight excluding hydrogens is 266 g/mol. The number of aromatic nitrogens is 3. The van der Waals surface area contributed by atoms with Crippen LogP contribution in [0, 0.1) is 0 Å². The van der Waals surface area contributed by atoms with E-state index in [2.05, 4.69) is 32.5 Å². The molecule has 0 unspecified atom stereocenters. The number of nitrogens with zero attached hydrogens (tertiary/aromatic N) is 3. The van der Waals surface area contributed by atoms with E-state index in [0.717, 1.165) is 23.9 Å². The Bertz CT molecular complexity index is 612. The Balaban J connectivity index is 2.50. The van der Waals surface area contributed by atoms with Gasteiger partial charge in [-0.1, -0.05) is 6.92 Å². The summed E-state index contributed by atoms with van der Waals surface area (Å²) >= 11 is 0. The molecule has 0 aliphatic heterocycles. The van der Waals surface area contributed by atoms with Crippen molar-refractivity contribution in [2.75, 3.05) is 17.2 Å². The van der Waals surface area contributed by atoms with Crippen LogP contribution < -0.4 is 10.6 Å². The van der Waals surface area contributed by atoms with E-state index in [9.17, 15) is 5.11 Å². The summed E-state index contributed by atoms with van der Waals surface area (Å²) in [5, 5.41) is 17.1. The molecule has 2 heterocycles. The number of nitrogens with one attached hydrogen (secondary N) is 2. The van der Waals surface area contributed by atoms with Gasteiger partial charge in [-0.3, -0.25) is 0 Å². The molecule has 0 saturated carbocycles. The van der Waals surface area contributed by atoms with Gasteiger partial charge in [0, 0.05) is 24.2 Å². The smallest absolute Gasteiger partial charge is 0.223 e.